The van der Waals surface area contributed by atoms with E-state index in [9.17, 15) is 72.9 Å². The number of aromatic nitrogens is 1. The van der Waals surface area contributed by atoms with Crippen LogP contribution < -0.4 is 70.4 Å². The third-order valence-electron chi connectivity index (χ3n) is 14.6. The number of H-pyrrole nitrogens is 1. The minimum absolute atomic E-state index is 0.0171. The molecule has 4 aromatic rings. The second-order valence-corrected chi connectivity index (χ2v) is 22.4. The van der Waals surface area contributed by atoms with E-state index >= 15 is 0 Å². The van der Waals surface area contributed by atoms with E-state index in [4.69, 9.17) is 17.2 Å². The van der Waals surface area contributed by atoms with Gasteiger partial charge in [0.2, 0.25) is 59.1 Å². The summed E-state index contributed by atoms with van der Waals surface area (Å²) in [5.74, 6) is -10.7. The van der Waals surface area contributed by atoms with E-state index in [0.29, 0.717) is 16.7 Å². The van der Waals surface area contributed by atoms with Gasteiger partial charge in [0.15, 0.2) is 5.96 Å². The minimum atomic E-state index is -1.93. The van der Waals surface area contributed by atoms with E-state index in [1.165, 1.54) is 38.2 Å². The maximum absolute atomic E-state index is 14.1. The number of phenols is 1. The van der Waals surface area contributed by atoms with E-state index < -0.39 is 145 Å². The van der Waals surface area contributed by atoms with Crippen LogP contribution in [0.2, 0.25) is 0 Å². The summed E-state index contributed by atoms with van der Waals surface area (Å²) in [6.07, 6.45) is -2.60. The number of hydrogen-bond acceptors (Lipinski definition) is 16. The lowest BCUT2D eigenvalue weighted by molar-refractivity contribution is -0.144. The molecule has 31 nitrogen and oxygen atoms in total. The molecule has 3 aromatic carbocycles. The number of guanidine groups is 1. The Balaban J connectivity index is 1.24. The number of aromatic hydroxyl groups is 1. The fourth-order valence-electron chi connectivity index (χ4n) is 10.0. The van der Waals surface area contributed by atoms with E-state index in [1.807, 2.05) is 29.6 Å². The number of phenolic OH excluding ortho intramolecular Hbond substituents is 1. The van der Waals surface area contributed by atoms with Gasteiger partial charge in [-0.1, -0.05) is 74.5 Å². The number of aliphatic hydroxyl groups excluding tert-OH is 2. The Bertz CT molecular complexity index is 3270. The Morgan fingerprint density at radius 1 is 0.670 bits per heavy atom. The molecule has 10 atom stereocenters. The van der Waals surface area contributed by atoms with Gasteiger partial charge < -0.3 is 90.3 Å². The van der Waals surface area contributed by atoms with Crippen molar-refractivity contribution in [1.29, 1.82) is 0 Å². The average molecular weight is 1270 g/mol. The first-order valence-electron chi connectivity index (χ1n) is 29.4. The highest BCUT2D eigenvalue weighted by Crippen LogP contribution is 2.23. The first-order valence-corrected chi connectivity index (χ1v) is 29.4. The van der Waals surface area contributed by atoms with Crippen molar-refractivity contribution in [3.05, 3.63) is 102 Å². The number of carbonyl (C=O) groups is 12. The van der Waals surface area contributed by atoms with Crippen LogP contribution >= 0.6 is 0 Å². The Kier molecular flexibility index (Phi) is 27.2. The number of amides is 13. The van der Waals surface area contributed by atoms with Crippen LogP contribution in [-0.4, -0.2) is 189 Å². The number of carbonyl (C=O) groups excluding carboxylic acids is 12. The summed E-state index contributed by atoms with van der Waals surface area (Å²) < 4.78 is 0. The Morgan fingerprint density at radius 3 is 1.92 bits per heavy atom. The molecule has 0 bridgehead atoms. The predicted molar refractivity (Wildman–Crippen MR) is 330 cm³/mol. The molecule has 1 aliphatic heterocycles. The zero-order chi connectivity index (χ0) is 67.1. The molecule has 91 heavy (non-hydrogen) atoms. The minimum Gasteiger partial charge on any atom is -0.508 e. The number of primary amides is 2. The monoisotopic (exact) mass is 1270 g/mol. The summed E-state index contributed by atoms with van der Waals surface area (Å²) in [7, 11) is 1.47. The molecular formula is C60H82N16O15. The fourth-order valence-corrected chi connectivity index (χ4v) is 10.0. The molecule has 2 heterocycles. The number of fused-ring (bicyclic) bond motifs is 1. The Labute approximate surface area is 524 Å². The third kappa shape index (κ3) is 22.4. The van der Waals surface area contributed by atoms with Crippen LogP contribution in [0.3, 0.4) is 0 Å². The number of hydrogen-bond donors (Lipinski definition) is 17. The SMILES string of the molecule is CN=C(N)NCCC[C@H](NC(=O)[C@H](CC(C)C)NC(=O)CNC(=O)NC(=O)[C@H](Cc1ccccc1)NC(=O)[C@@H](NC(=O)[C@H](CC(N)=O)NC(=O)[C@@H]1C(O)CCN1C(=O)[C@@H](Cc1ccc(O)cc1)NC(C)=O)[C@@H](C)O)C(=O)N[C@@H](Cc1c[nH]c2ccccc12)C(N)=O. The van der Waals surface area contributed by atoms with Crippen molar-refractivity contribution in [1.82, 2.24) is 63.1 Å². The summed E-state index contributed by atoms with van der Waals surface area (Å²) in [4.78, 5) is 170. The highest BCUT2D eigenvalue weighted by Gasteiger charge is 2.45. The summed E-state index contributed by atoms with van der Waals surface area (Å²) in [6, 6.07) is 7.81. The topological polar surface area (TPSA) is 495 Å². The van der Waals surface area contributed by atoms with Gasteiger partial charge in [-0.05, 0) is 73.4 Å². The predicted octanol–water partition coefficient (Wildman–Crippen LogP) is -3.80. The number of aliphatic imine (C=N–C) groups is 1. The first kappa shape index (κ1) is 71.6. The Morgan fingerprint density at radius 2 is 1.29 bits per heavy atom. The van der Waals surface area contributed by atoms with Crippen LogP contribution in [0.5, 0.6) is 5.75 Å². The summed E-state index contributed by atoms with van der Waals surface area (Å²) >= 11 is 0. The molecule has 20 N–H and O–H groups in total. The molecule has 0 saturated carbocycles. The van der Waals surface area contributed by atoms with Crippen LogP contribution in [0.15, 0.2) is 90.1 Å². The molecule has 13 amide bonds. The molecule has 0 spiro atoms. The molecule has 0 aliphatic carbocycles. The quantitative estimate of drug-likeness (QED) is 0.0127. The van der Waals surface area contributed by atoms with Crippen molar-refractivity contribution in [3.63, 3.8) is 0 Å². The zero-order valence-electron chi connectivity index (χ0n) is 51.1. The van der Waals surface area contributed by atoms with Crippen molar-refractivity contribution in [2.45, 2.75) is 140 Å². The maximum Gasteiger partial charge on any atom is 0.321 e. The second-order valence-electron chi connectivity index (χ2n) is 22.4. The maximum atomic E-state index is 14.1. The van der Waals surface area contributed by atoms with Gasteiger partial charge in [-0.15, -0.1) is 0 Å². The zero-order valence-corrected chi connectivity index (χ0v) is 51.1. The lowest BCUT2D eigenvalue weighted by Gasteiger charge is -2.31. The molecule has 1 aromatic heterocycles. The van der Waals surface area contributed by atoms with E-state index in [-0.39, 0.29) is 75.7 Å². The molecule has 31 heteroatoms. The lowest BCUT2D eigenvalue weighted by atomic mass is 10.0. The Hall–Kier alpha value is -10.2. The number of nitrogens with two attached hydrogens (primary N) is 3. The number of nitrogens with one attached hydrogen (secondary N) is 11. The van der Waals surface area contributed by atoms with Gasteiger partial charge in [0.05, 0.1) is 25.2 Å². The highest BCUT2D eigenvalue weighted by molar-refractivity contribution is 6.02. The van der Waals surface area contributed by atoms with Crippen LogP contribution in [0, 0.1) is 5.92 Å². The molecule has 5 rings (SSSR count). The summed E-state index contributed by atoms with van der Waals surface area (Å²) in [5, 5.41) is 56.9. The van der Waals surface area contributed by atoms with Gasteiger partial charge in [-0.2, -0.15) is 0 Å². The summed E-state index contributed by atoms with van der Waals surface area (Å²) in [5.41, 5.74) is 19.5. The number of aromatic amines is 1. The molecule has 1 saturated heterocycles. The third-order valence-corrected chi connectivity index (χ3v) is 14.6. The lowest BCUT2D eigenvalue weighted by Crippen LogP contribution is -2.62. The van der Waals surface area contributed by atoms with E-state index in [2.05, 4.69) is 57.8 Å². The van der Waals surface area contributed by atoms with Crippen LogP contribution in [0.4, 0.5) is 4.79 Å². The average Bonchev–Trinajstić information content (AvgIpc) is 1.81. The number of aliphatic hydroxyl groups is 2. The highest BCUT2D eigenvalue weighted by atomic mass is 16.3. The smallest absolute Gasteiger partial charge is 0.321 e. The number of benzene rings is 3. The van der Waals surface area contributed by atoms with Gasteiger partial charge in [0, 0.05) is 63.4 Å². The van der Waals surface area contributed by atoms with Gasteiger partial charge >= 0.3 is 6.03 Å². The van der Waals surface area contributed by atoms with Crippen molar-refractivity contribution < 1.29 is 72.9 Å². The first-order chi connectivity index (χ1) is 43.1. The molecule has 492 valence electrons. The van der Waals surface area contributed by atoms with E-state index in [1.54, 1.807) is 50.4 Å². The number of likely N-dealkylation sites (tertiary alicyclic amines) is 1. The number of rotatable bonds is 32. The summed E-state index contributed by atoms with van der Waals surface area (Å²) in [6.45, 7) is 5.05. The van der Waals surface area contributed by atoms with Crippen molar-refractivity contribution in [2.75, 3.05) is 26.7 Å². The normalized spacial score (nSPS) is 16.4. The van der Waals surface area contributed by atoms with Gasteiger partial charge in [0.25, 0.3) is 5.91 Å². The van der Waals surface area contributed by atoms with Gasteiger partial charge in [-0.3, -0.25) is 63.0 Å². The van der Waals surface area contributed by atoms with Crippen LogP contribution in [0.1, 0.15) is 76.5 Å². The largest absolute Gasteiger partial charge is 0.508 e. The molecule has 1 unspecified atom stereocenters. The molecular weight excluding hydrogens is 1180 g/mol. The van der Waals surface area contributed by atoms with E-state index in [0.717, 1.165) is 22.7 Å². The van der Waals surface area contributed by atoms with Crippen LogP contribution in [-0.2, 0) is 72.0 Å². The van der Waals surface area contributed by atoms with Crippen LogP contribution in [0.25, 0.3) is 10.9 Å². The van der Waals surface area contributed by atoms with Gasteiger partial charge in [-0.25, -0.2) is 4.79 Å². The van der Waals surface area contributed by atoms with Crippen molar-refractivity contribution in [2.24, 2.45) is 28.1 Å². The second kappa shape index (κ2) is 34.5. The number of urea groups is 1. The van der Waals surface area contributed by atoms with Gasteiger partial charge in [0.1, 0.15) is 54.1 Å². The molecule has 1 fully saturated rings. The van der Waals surface area contributed by atoms with Crippen molar-refractivity contribution >= 4 is 87.9 Å². The number of nitrogens with zero attached hydrogens (tertiary/aromatic N) is 2. The number of imide groups is 1. The molecule has 0 radical (unpaired) electrons. The fraction of sp³-hybridized carbons (Fsp3) is 0.450. The van der Waals surface area contributed by atoms with Crippen molar-refractivity contribution in [3.8, 4) is 5.75 Å². The number of para-hydroxylation sites is 1. The molecule has 1 aliphatic rings. The standard InChI is InChI=1S/C60H82N16O15/c1-31(2)24-42(53(85)70-40(16-11-22-65-59(63)64-5)52(84)71-41(51(62)83)27-36-29-66-39-15-10-9-14-38(36)39)69-48(82)30-67-60(91)75-55(87)43(25-34-12-7-6-8-13-34)72-56(88)49(32(3)77)74-54(86)44(28-47(61)81)73-57(89)50-46(80)21-23-76(50)58(90)45(68-33(4)78)26-35-17-19-37(79)20-18-35/h6-10,12-15,17-20,29,31-32,40-46,49-50,66,77,79-80H,11,16,21-28,30H2,1-5H3,(H2,61,81)(H2,62,83)(H,68,78)(H,69,82)(H,70,85)(H,71,84)(H,72,88)(H,73,89)(H,74,86)(H3,63,64,65)(H2,67,75,87,91)/t32-,40+,41+,42+,43+,44+,45-,46?,49+,50+/m1/s1.